The highest BCUT2D eigenvalue weighted by molar-refractivity contribution is 5.93. The molecule has 1 aliphatic heterocycles. The van der Waals surface area contributed by atoms with Gasteiger partial charge in [0.2, 0.25) is 0 Å². The van der Waals surface area contributed by atoms with Crippen LogP contribution in [0.1, 0.15) is 5.56 Å². The number of aliphatic carboxylic acids is 1. The van der Waals surface area contributed by atoms with Gasteiger partial charge in [-0.15, -0.1) is 0 Å². The Morgan fingerprint density at radius 1 is 1.50 bits per heavy atom. The Balaban J connectivity index is 2.14. The molecule has 1 atom stereocenters. The van der Waals surface area contributed by atoms with E-state index in [9.17, 15) is 14.0 Å². The fourth-order valence-corrected chi connectivity index (χ4v) is 1.98. The fraction of sp³-hybridized carbons (Fsp3) is 0.385. The predicted molar refractivity (Wildman–Crippen MR) is 69.1 cm³/mol. The molecule has 0 saturated carbocycles. The van der Waals surface area contributed by atoms with Gasteiger partial charge in [0.25, 0.3) is 0 Å². The summed E-state index contributed by atoms with van der Waals surface area (Å²) in [4.78, 5) is 24.4. The van der Waals surface area contributed by atoms with Crippen LogP contribution in [0.2, 0.25) is 0 Å². The molecular weight excluding hydrogens is 267 g/mol. The Bertz CT molecular complexity index is 535. The zero-order chi connectivity index (χ0) is 14.7. The molecule has 1 unspecified atom stereocenters. The van der Waals surface area contributed by atoms with Gasteiger partial charge in [0.1, 0.15) is 5.82 Å². The van der Waals surface area contributed by atoms with E-state index in [0.29, 0.717) is 11.3 Å². The van der Waals surface area contributed by atoms with Gasteiger partial charge in [0, 0.05) is 17.8 Å². The van der Waals surface area contributed by atoms with Gasteiger partial charge in [-0.2, -0.15) is 0 Å². The van der Waals surface area contributed by atoms with Crippen molar-refractivity contribution in [1.82, 2.24) is 4.90 Å². The molecule has 6 nitrogen and oxygen atoms in total. The summed E-state index contributed by atoms with van der Waals surface area (Å²) >= 11 is 0. The van der Waals surface area contributed by atoms with Gasteiger partial charge in [-0.25, -0.2) is 14.0 Å². The lowest BCUT2D eigenvalue weighted by atomic mass is 10.2. The maximum atomic E-state index is 13.4. The molecular formula is C13H15FN2O4. The average Bonchev–Trinajstić information content (AvgIpc) is 2.43. The minimum absolute atomic E-state index is 0.0507. The van der Waals surface area contributed by atoms with Gasteiger partial charge in [0.15, 0.2) is 6.04 Å². The van der Waals surface area contributed by atoms with Gasteiger partial charge < -0.3 is 20.1 Å². The van der Waals surface area contributed by atoms with E-state index >= 15 is 0 Å². The van der Waals surface area contributed by atoms with Crippen molar-refractivity contribution in [2.24, 2.45) is 0 Å². The van der Waals surface area contributed by atoms with Gasteiger partial charge in [-0.05, 0) is 19.1 Å². The minimum Gasteiger partial charge on any atom is -0.480 e. The molecule has 1 aromatic carbocycles. The Morgan fingerprint density at radius 3 is 2.95 bits per heavy atom. The van der Waals surface area contributed by atoms with Crippen LogP contribution in [0, 0.1) is 12.7 Å². The van der Waals surface area contributed by atoms with Crippen molar-refractivity contribution in [1.29, 1.82) is 0 Å². The van der Waals surface area contributed by atoms with E-state index in [4.69, 9.17) is 9.84 Å². The number of carbonyl (C=O) groups excluding carboxylic acids is 1. The Hall–Kier alpha value is -2.15. The number of hydrogen-bond acceptors (Lipinski definition) is 3. The van der Waals surface area contributed by atoms with E-state index in [-0.39, 0.29) is 19.8 Å². The molecule has 108 valence electrons. The van der Waals surface area contributed by atoms with Gasteiger partial charge in [-0.1, -0.05) is 6.07 Å². The molecule has 0 aliphatic carbocycles. The van der Waals surface area contributed by atoms with Crippen molar-refractivity contribution in [3.63, 3.8) is 0 Å². The SMILES string of the molecule is Cc1c(F)cccc1NC(=O)N1CCOCC1C(=O)O. The van der Waals surface area contributed by atoms with E-state index < -0.39 is 23.9 Å². The van der Waals surface area contributed by atoms with E-state index in [0.717, 1.165) is 0 Å². The molecule has 1 aromatic rings. The number of halogens is 1. The Kier molecular flexibility index (Phi) is 4.19. The highest BCUT2D eigenvalue weighted by Gasteiger charge is 2.32. The molecule has 0 bridgehead atoms. The number of amides is 2. The lowest BCUT2D eigenvalue weighted by Crippen LogP contribution is -2.54. The van der Waals surface area contributed by atoms with E-state index in [1.807, 2.05) is 0 Å². The summed E-state index contributed by atoms with van der Waals surface area (Å²) < 4.78 is 18.5. The number of urea groups is 1. The van der Waals surface area contributed by atoms with Crippen LogP contribution in [0.4, 0.5) is 14.9 Å². The molecule has 1 fully saturated rings. The summed E-state index contributed by atoms with van der Waals surface area (Å²) in [5.74, 6) is -1.56. The number of nitrogens with zero attached hydrogens (tertiary/aromatic N) is 1. The number of ether oxygens (including phenoxy) is 1. The number of hydrogen-bond donors (Lipinski definition) is 2. The zero-order valence-corrected chi connectivity index (χ0v) is 10.9. The maximum absolute atomic E-state index is 13.4. The number of anilines is 1. The average molecular weight is 282 g/mol. The monoisotopic (exact) mass is 282 g/mol. The van der Waals surface area contributed by atoms with Crippen molar-refractivity contribution >= 4 is 17.7 Å². The lowest BCUT2D eigenvalue weighted by Gasteiger charge is -2.32. The molecule has 0 aromatic heterocycles. The summed E-state index contributed by atoms with van der Waals surface area (Å²) in [6.45, 7) is 1.94. The van der Waals surface area contributed by atoms with Crippen molar-refractivity contribution in [3.8, 4) is 0 Å². The Labute approximate surface area is 115 Å². The maximum Gasteiger partial charge on any atom is 0.328 e. The van der Waals surface area contributed by atoms with Crippen LogP contribution < -0.4 is 5.32 Å². The first-order valence-corrected chi connectivity index (χ1v) is 6.14. The number of nitrogens with one attached hydrogen (secondary N) is 1. The zero-order valence-electron chi connectivity index (χ0n) is 10.9. The van der Waals surface area contributed by atoms with Crippen molar-refractivity contribution < 1.29 is 23.8 Å². The third kappa shape index (κ3) is 2.88. The smallest absolute Gasteiger partial charge is 0.328 e. The first kappa shape index (κ1) is 14.3. The van der Waals surface area contributed by atoms with Gasteiger partial charge >= 0.3 is 12.0 Å². The topological polar surface area (TPSA) is 78.9 Å². The number of benzene rings is 1. The fourth-order valence-electron chi connectivity index (χ4n) is 1.98. The van der Waals surface area contributed by atoms with Crippen LogP contribution in [-0.4, -0.2) is 47.8 Å². The predicted octanol–water partition coefficient (Wildman–Crippen LogP) is 1.45. The van der Waals surface area contributed by atoms with Gasteiger partial charge in [0.05, 0.1) is 13.2 Å². The van der Waals surface area contributed by atoms with Crippen molar-refractivity contribution in [3.05, 3.63) is 29.6 Å². The molecule has 0 radical (unpaired) electrons. The van der Waals surface area contributed by atoms with E-state index in [2.05, 4.69) is 5.32 Å². The second-order valence-corrected chi connectivity index (χ2v) is 4.46. The minimum atomic E-state index is -1.13. The third-order valence-electron chi connectivity index (χ3n) is 3.18. The Morgan fingerprint density at radius 2 is 2.25 bits per heavy atom. The van der Waals surface area contributed by atoms with Gasteiger partial charge in [-0.3, -0.25) is 0 Å². The van der Waals surface area contributed by atoms with Crippen LogP contribution >= 0.6 is 0 Å². The molecule has 1 heterocycles. The van der Waals surface area contributed by atoms with E-state index in [1.54, 1.807) is 13.0 Å². The van der Waals surface area contributed by atoms with Crippen LogP contribution in [-0.2, 0) is 9.53 Å². The normalized spacial score (nSPS) is 18.7. The molecule has 20 heavy (non-hydrogen) atoms. The number of morpholine rings is 1. The molecule has 2 amide bonds. The van der Waals surface area contributed by atoms with Crippen molar-refractivity contribution in [2.75, 3.05) is 25.1 Å². The van der Waals surface area contributed by atoms with Crippen LogP contribution in [0.3, 0.4) is 0 Å². The quantitative estimate of drug-likeness (QED) is 0.860. The summed E-state index contributed by atoms with van der Waals surface area (Å²) in [6, 6.07) is 2.73. The lowest BCUT2D eigenvalue weighted by molar-refractivity contribution is -0.147. The largest absolute Gasteiger partial charge is 0.480 e. The number of carboxylic acids is 1. The third-order valence-corrected chi connectivity index (χ3v) is 3.18. The standard InChI is InChI=1S/C13H15FN2O4/c1-8-9(14)3-2-4-10(8)15-13(19)16-5-6-20-7-11(16)12(17)18/h2-4,11H,5-7H2,1H3,(H,15,19)(H,17,18). The first-order valence-electron chi connectivity index (χ1n) is 6.14. The van der Waals surface area contributed by atoms with Crippen LogP contribution in [0.5, 0.6) is 0 Å². The van der Waals surface area contributed by atoms with Crippen LogP contribution in [0.15, 0.2) is 18.2 Å². The first-order chi connectivity index (χ1) is 9.50. The molecule has 2 rings (SSSR count). The second-order valence-electron chi connectivity index (χ2n) is 4.46. The second kappa shape index (κ2) is 5.87. The highest BCUT2D eigenvalue weighted by Crippen LogP contribution is 2.19. The summed E-state index contributed by atoms with van der Waals surface area (Å²) in [5.41, 5.74) is 0.631. The van der Waals surface area contributed by atoms with Crippen molar-refractivity contribution in [2.45, 2.75) is 13.0 Å². The molecule has 2 N–H and O–H groups in total. The summed E-state index contributed by atoms with van der Waals surface area (Å²) in [6.07, 6.45) is 0. The summed E-state index contributed by atoms with van der Waals surface area (Å²) in [5, 5.41) is 11.6. The molecule has 1 aliphatic rings. The summed E-state index contributed by atoms with van der Waals surface area (Å²) in [7, 11) is 0. The number of carboxylic acid groups (broad SMARTS) is 1. The molecule has 7 heteroatoms. The molecule has 1 saturated heterocycles. The van der Waals surface area contributed by atoms with Crippen LogP contribution in [0.25, 0.3) is 0 Å². The highest BCUT2D eigenvalue weighted by atomic mass is 19.1. The number of carbonyl (C=O) groups is 2. The molecule has 0 spiro atoms. The number of rotatable bonds is 2. The van der Waals surface area contributed by atoms with E-state index in [1.165, 1.54) is 17.0 Å².